The van der Waals surface area contributed by atoms with Crippen LogP contribution in [-0.2, 0) is 14.8 Å². The minimum absolute atomic E-state index is 0.0355. The van der Waals surface area contributed by atoms with Gasteiger partial charge in [-0.05, 0) is 42.7 Å². The molecular formula is C18H20N2O3S. The maximum atomic E-state index is 12.6. The van der Waals surface area contributed by atoms with Gasteiger partial charge in [0.15, 0.2) is 0 Å². The fraction of sp³-hybridized carbons (Fsp3) is 0.278. The summed E-state index contributed by atoms with van der Waals surface area (Å²) in [7, 11) is -3.64. The average Bonchev–Trinajstić information content (AvgIpc) is 2.98. The molecule has 1 atom stereocenters. The number of anilines is 1. The van der Waals surface area contributed by atoms with Crippen molar-refractivity contribution in [1.29, 1.82) is 0 Å². The summed E-state index contributed by atoms with van der Waals surface area (Å²) >= 11 is 0. The molecule has 1 aliphatic rings. The van der Waals surface area contributed by atoms with E-state index in [9.17, 15) is 13.2 Å². The molecule has 2 N–H and O–H groups in total. The quantitative estimate of drug-likeness (QED) is 0.895. The summed E-state index contributed by atoms with van der Waals surface area (Å²) in [6.07, 6.45) is 0.451. The number of carbonyl (C=O) groups is 1. The molecule has 24 heavy (non-hydrogen) atoms. The molecule has 0 saturated carbocycles. The Bertz CT molecular complexity index is 853. The van der Waals surface area contributed by atoms with Gasteiger partial charge in [0.2, 0.25) is 5.91 Å². The molecule has 1 saturated heterocycles. The Morgan fingerprint density at radius 3 is 2.21 bits per heavy atom. The van der Waals surface area contributed by atoms with Gasteiger partial charge in [0.1, 0.15) is 0 Å². The van der Waals surface area contributed by atoms with Crippen LogP contribution in [0.2, 0.25) is 0 Å². The number of hydrogen-bond donors (Lipinski definition) is 2. The number of amides is 1. The van der Waals surface area contributed by atoms with Crippen molar-refractivity contribution in [1.82, 2.24) is 5.32 Å². The van der Waals surface area contributed by atoms with Crippen molar-refractivity contribution >= 4 is 21.6 Å². The highest BCUT2D eigenvalue weighted by atomic mass is 32.2. The van der Waals surface area contributed by atoms with Crippen molar-refractivity contribution in [3.63, 3.8) is 0 Å². The predicted molar refractivity (Wildman–Crippen MR) is 93.5 cm³/mol. The number of sulfonamides is 1. The summed E-state index contributed by atoms with van der Waals surface area (Å²) in [5.41, 5.74) is 3.35. The smallest absolute Gasteiger partial charge is 0.261 e. The van der Waals surface area contributed by atoms with Gasteiger partial charge in [-0.25, -0.2) is 8.42 Å². The van der Waals surface area contributed by atoms with E-state index < -0.39 is 10.0 Å². The third kappa shape index (κ3) is 3.28. The number of hydrogen-bond acceptors (Lipinski definition) is 3. The largest absolute Gasteiger partial charge is 0.355 e. The minimum Gasteiger partial charge on any atom is -0.355 e. The molecule has 0 spiro atoms. The Morgan fingerprint density at radius 2 is 1.67 bits per heavy atom. The number of carbonyl (C=O) groups excluding carboxylic acids is 1. The number of nitrogens with one attached hydrogen (secondary N) is 2. The Kier molecular flexibility index (Phi) is 4.32. The molecule has 2 aromatic carbocycles. The molecule has 126 valence electrons. The molecule has 0 aliphatic carbocycles. The van der Waals surface area contributed by atoms with Crippen molar-refractivity contribution < 1.29 is 13.2 Å². The third-order valence-corrected chi connectivity index (χ3v) is 5.72. The first-order valence-corrected chi connectivity index (χ1v) is 9.31. The summed E-state index contributed by atoms with van der Waals surface area (Å²) < 4.78 is 27.9. The van der Waals surface area contributed by atoms with E-state index in [0.29, 0.717) is 18.7 Å². The molecule has 1 heterocycles. The summed E-state index contributed by atoms with van der Waals surface area (Å²) in [6.45, 7) is 4.35. The average molecular weight is 344 g/mol. The monoisotopic (exact) mass is 344 g/mol. The SMILES string of the molecule is Cc1cccc(C)c1NS(=O)(=O)c1ccc([C@@H]2CNC(=O)C2)cc1. The van der Waals surface area contributed by atoms with E-state index in [1.807, 2.05) is 32.0 Å². The van der Waals surface area contributed by atoms with Gasteiger partial charge in [0.25, 0.3) is 10.0 Å². The van der Waals surface area contributed by atoms with Crippen LogP contribution in [0.1, 0.15) is 29.0 Å². The zero-order chi connectivity index (χ0) is 17.3. The molecule has 5 nitrogen and oxygen atoms in total. The van der Waals surface area contributed by atoms with Crippen LogP contribution in [0.3, 0.4) is 0 Å². The lowest BCUT2D eigenvalue weighted by Crippen LogP contribution is -2.15. The van der Waals surface area contributed by atoms with Crippen LogP contribution in [0, 0.1) is 13.8 Å². The van der Waals surface area contributed by atoms with Crippen LogP contribution < -0.4 is 10.0 Å². The highest BCUT2D eigenvalue weighted by Gasteiger charge is 2.23. The molecular weight excluding hydrogens is 324 g/mol. The van der Waals surface area contributed by atoms with Gasteiger partial charge >= 0.3 is 0 Å². The summed E-state index contributed by atoms with van der Waals surface area (Å²) in [4.78, 5) is 11.5. The van der Waals surface area contributed by atoms with E-state index in [1.165, 1.54) is 0 Å². The number of para-hydroxylation sites is 1. The second-order valence-electron chi connectivity index (χ2n) is 6.15. The molecule has 0 bridgehead atoms. The Labute approximate surface area is 142 Å². The second kappa shape index (κ2) is 6.28. The fourth-order valence-corrected chi connectivity index (χ4v) is 4.13. The number of rotatable bonds is 4. The first-order valence-electron chi connectivity index (χ1n) is 7.82. The van der Waals surface area contributed by atoms with Crippen molar-refractivity contribution in [3.05, 3.63) is 59.2 Å². The van der Waals surface area contributed by atoms with Crippen LogP contribution in [-0.4, -0.2) is 20.9 Å². The molecule has 0 radical (unpaired) electrons. The van der Waals surface area contributed by atoms with E-state index >= 15 is 0 Å². The van der Waals surface area contributed by atoms with Crippen molar-refractivity contribution in [2.24, 2.45) is 0 Å². The molecule has 3 rings (SSSR count). The standard InChI is InChI=1S/C18H20N2O3S/c1-12-4-3-5-13(2)18(12)20-24(22,23)16-8-6-14(7-9-16)15-10-17(21)19-11-15/h3-9,15,20H,10-11H2,1-2H3,(H,19,21)/t15-/m0/s1. The van der Waals surface area contributed by atoms with Crippen molar-refractivity contribution in [3.8, 4) is 0 Å². The van der Waals surface area contributed by atoms with Crippen molar-refractivity contribution in [2.75, 3.05) is 11.3 Å². The van der Waals surface area contributed by atoms with Gasteiger partial charge in [0.05, 0.1) is 10.6 Å². The second-order valence-corrected chi connectivity index (χ2v) is 7.83. The molecule has 2 aromatic rings. The van der Waals surface area contributed by atoms with Gasteiger partial charge in [-0.2, -0.15) is 0 Å². The van der Waals surface area contributed by atoms with E-state index in [4.69, 9.17) is 0 Å². The van der Waals surface area contributed by atoms with E-state index in [0.717, 1.165) is 16.7 Å². The fourth-order valence-electron chi connectivity index (χ4n) is 2.93. The van der Waals surface area contributed by atoms with E-state index in [1.54, 1.807) is 24.3 Å². The number of benzene rings is 2. The molecule has 1 aliphatic heterocycles. The van der Waals surface area contributed by atoms with Gasteiger partial charge in [-0.3, -0.25) is 9.52 Å². The zero-order valence-electron chi connectivity index (χ0n) is 13.7. The van der Waals surface area contributed by atoms with Crippen LogP contribution in [0.5, 0.6) is 0 Å². The van der Waals surface area contributed by atoms with Crippen LogP contribution >= 0.6 is 0 Å². The lowest BCUT2D eigenvalue weighted by molar-refractivity contribution is -0.119. The first-order chi connectivity index (χ1) is 11.4. The van der Waals surface area contributed by atoms with Crippen LogP contribution in [0.25, 0.3) is 0 Å². The third-order valence-electron chi connectivity index (χ3n) is 4.36. The van der Waals surface area contributed by atoms with Gasteiger partial charge < -0.3 is 5.32 Å². The van der Waals surface area contributed by atoms with E-state index in [-0.39, 0.29) is 16.7 Å². The highest BCUT2D eigenvalue weighted by Crippen LogP contribution is 2.26. The molecule has 0 unspecified atom stereocenters. The Hall–Kier alpha value is -2.34. The summed E-state index contributed by atoms with van der Waals surface area (Å²) in [5.74, 6) is 0.147. The van der Waals surface area contributed by atoms with Gasteiger partial charge in [0, 0.05) is 18.9 Å². The van der Waals surface area contributed by atoms with Gasteiger partial charge in [-0.1, -0.05) is 30.3 Å². The Balaban J connectivity index is 1.84. The highest BCUT2D eigenvalue weighted by molar-refractivity contribution is 7.92. The Morgan fingerprint density at radius 1 is 1.04 bits per heavy atom. The molecule has 1 fully saturated rings. The normalized spacial score (nSPS) is 17.6. The van der Waals surface area contributed by atoms with Crippen LogP contribution in [0.15, 0.2) is 47.4 Å². The van der Waals surface area contributed by atoms with Gasteiger partial charge in [-0.15, -0.1) is 0 Å². The van der Waals surface area contributed by atoms with Crippen LogP contribution in [0.4, 0.5) is 5.69 Å². The first kappa shape index (κ1) is 16.5. The maximum absolute atomic E-state index is 12.6. The van der Waals surface area contributed by atoms with E-state index in [2.05, 4.69) is 10.0 Å². The predicted octanol–water partition coefficient (Wildman–Crippen LogP) is 2.71. The summed E-state index contributed by atoms with van der Waals surface area (Å²) in [6, 6.07) is 12.4. The lowest BCUT2D eigenvalue weighted by atomic mass is 9.99. The zero-order valence-corrected chi connectivity index (χ0v) is 14.5. The molecule has 6 heteroatoms. The molecule has 0 aromatic heterocycles. The molecule has 1 amide bonds. The summed E-state index contributed by atoms with van der Waals surface area (Å²) in [5, 5.41) is 2.79. The topological polar surface area (TPSA) is 75.3 Å². The maximum Gasteiger partial charge on any atom is 0.261 e. The lowest BCUT2D eigenvalue weighted by Gasteiger charge is -2.14. The minimum atomic E-state index is -3.64. The van der Waals surface area contributed by atoms with Crippen molar-refractivity contribution in [2.45, 2.75) is 31.1 Å². The number of aryl methyl sites for hydroxylation is 2.